The van der Waals surface area contributed by atoms with Crippen LogP contribution in [0.15, 0.2) is 28.7 Å². The van der Waals surface area contributed by atoms with Gasteiger partial charge in [0.25, 0.3) is 0 Å². The van der Waals surface area contributed by atoms with Crippen molar-refractivity contribution in [3.63, 3.8) is 0 Å². The Labute approximate surface area is 112 Å². The normalized spacial score (nSPS) is 11.6. The summed E-state index contributed by atoms with van der Waals surface area (Å²) in [4.78, 5) is 4.58. The highest BCUT2D eigenvalue weighted by molar-refractivity contribution is 6.30. The molecule has 18 heavy (non-hydrogen) atoms. The maximum absolute atomic E-state index is 6.01. The van der Waals surface area contributed by atoms with E-state index in [1.165, 1.54) is 0 Å². The summed E-state index contributed by atoms with van der Waals surface area (Å²) in [6, 6.07) is 7.60. The number of nitrogens with one attached hydrogen (secondary N) is 1. The zero-order valence-corrected chi connectivity index (χ0v) is 11.8. The highest BCUT2D eigenvalue weighted by Crippen LogP contribution is 2.33. The minimum atomic E-state index is -0.123. The lowest BCUT2D eigenvalue weighted by molar-refractivity contribution is 0.400. The minimum Gasteiger partial charge on any atom is -0.424 e. The van der Waals surface area contributed by atoms with Crippen LogP contribution in [0.25, 0.3) is 11.3 Å². The van der Waals surface area contributed by atoms with E-state index in [4.69, 9.17) is 16.0 Å². The van der Waals surface area contributed by atoms with Crippen LogP contribution in [0.2, 0.25) is 5.02 Å². The first kappa shape index (κ1) is 13.0. The third-order valence-corrected chi connectivity index (χ3v) is 2.83. The van der Waals surface area contributed by atoms with Crippen molar-refractivity contribution >= 4 is 17.5 Å². The Morgan fingerprint density at radius 2 is 2.00 bits per heavy atom. The molecule has 0 fully saturated rings. The largest absolute Gasteiger partial charge is 0.424 e. The topological polar surface area (TPSA) is 38.1 Å². The lowest BCUT2D eigenvalue weighted by Gasteiger charge is -2.11. The molecule has 2 rings (SSSR count). The molecule has 0 unspecified atom stereocenters. The van der Waals surface area contributed by atoms with Crippen molar-refractivity contribution < 1.29 is 4.42 Å². The van der Waals surface area contributed by atoms with Gasteiger partial charge in [0.2, 0.25) is 11.8 Å². The van der Waals surface area contributed by atoms with Crippen molar-refractivity contribution in [2.75, 3.05) is 12.4 Å². The number of rotatable bonds is 2. The van der Waals surface area contributed by atoms with Gasteiger partial charge in [-0.05, 0) is 12.1 Å². The van der Waals surface area contributed by atoms with Crippen LogP contribution in [-0.2, 0) is 5.41 Å². The molecule has 0 atom stereocenters. The van der Waals surface area contributed by atoms with Gasteiger partial charge >= 0.3 is 0 Å². The lowest BCUT2D eigenvalue weighted by atomic mass is 9.97. The molecule has 4 heteroatoms. The van der Waals surface area contributed by atoms with Crippen molar-refractivity contribution in [3.05, 3.63) is 35.2 Å². The molecule has 0 aliphatic carbocycles. The molecule has 0 aliphatic rings. The van der Waals surface area contributed by atoms with E-state index in [1.807, 2.05) is 31.3 Å². The van der Waals surface area contributed by atoms with Crippen molar-refractivity contribution in [3.8, 4) is 11.3 Å². The molecule has 0 aliphatic heterocycles. The SMILES string of the molecule is CNc1oc(C(C)(C)C)nc1-c1cccc(Cl)c1. The molecule has 0 bridgehead atoms. The van der Waals surface area contributed by atoms with Crippen molar-refractivity contribution in [1.29, 1.82) is 0 Å². The Hall–Kier alpha value is -1.48. The average Bonchev–Trinajstić information content (AvgIpc) is 2.72. The molecule has 3 nitrogen and oxygen atoms in total. The Kier molecular flexibility index (Phi) is 3.35. The van der Waals surface area contributed by atoms with E-state index in [1.54, 1.807) is 0 Å². The molecule has 1 heterocycles. The van der Waals surface area contributed by atoms with Crippen LogP contribution in [0.5, 0.6) is 0 Å². The summed E-state index contributed by atoms with van der Waals surface area (Å²) in [5.74, 6) is 1.38. The number of benzene rings is 1. The Morgan fingerprint density at radius 3 is 2.56 bits per heavy atom. The van der Waals surface area contributed by atoms with Gasteiger partial charge in [-0.15, -0.1) is 0 Å². The van der Waals surface area contributed by atoms with E-state index < -0.39 is 0 Å². The third-order valence-electron chi connectivity index (χ3n) is 2.59. The maximum atomic E-state index is 6.01. The van der Waals surface area contributed by atoms with Crippen LogP contribution in [0.4, 0.5) is 5.88 Å². The van der Waals surface area contributed by atoms with Crippen molar-refractivity contribution in [1.82, 2.24) is 4.98 Å². The second-order valence-electron chi connectivity index (χ2n) is 5.21. The molecule has 0 saturated heterocycles. The zero-order valence-electron chi connectivity index (χ0n) is 11.0. The van der Waals surface area contributed by atoms with E-state index in [9.17, 15) is 0 Å². The number of hydrogen-bond donors (Lipinski definition) is 1. The Balaban J connectivity index is 2.54. The summed E-state index contributed by atoms with van der Waals surface area (Å²) in [5, 5.41) is 3.72. The van der Waals surface area contributed by atoms with Gasteiger partial charge < -0.3 is 9.73 Å². The summed E-state index contributed by atoms with van der Waals surface area (Å²) < 4.78 is 5.76. The van der Waals surface area contributed by atoms with Gasteiger partial charge in [-0.2, -0.15) is 0 Å². The van der Waals surface area contributed by atoms with Crippen molar-refractivity contribution in [2.45, 2.75) is 26.2 Å². The lowest BCUT2D eigenvalue weighted by Crippen LogP contribution is -2.11. The van der Waals surface area contributed by atoms with Crippen LogP contribution < -0.4 is 5.32 Å². The molecule has 1 aromatic carbocycles. The summed E-state index contributed by atoms with van der Waals surface area (Å²) in [7, 11) is 1.82. The number of halogens is 1. The van der Waals surface area contributed by atoms with Gasteiger partial charge in [0.05, 0.1) is 0 Å². The third kappa shape index (κ3) is 2.51. The van der Waals surface area contributed by atoms with Gasteiger partial charge in [0.15, 0.2) is 0 Å². The van der Waals surface area contributed by atoms with Crippen LogP contribution >= 0.6 is 11.6 Å². The predicted octanol–water partition coefficient (Wildman–Crippen LogP) is 4.33. The highest BCUT2D eigenvalue weighted by atomic mass is 35.5. The quantitative estimate of drug-likeness (QED) is 0.877. The zero-order chi connectivity index (χ0) is 13.3. The Morgan fingerprint density at radius 1 is 1.28 bits per heavy atom. The minimum absolute atomic E-state index is 0.123. The smallest absolute Gasteiger partial charge is 0.221 e. The van der Waals surface area contributed by atoms with E-state index >= 15 is 0 Å². The number of hydrogen-bond acceptors (Lipinski definition) is 3. The van der Waals surface area contributed by atoms with E-state index in [0.717, 1.165) is 11.3 Å². The van der Waals surface area contributed by atoms with Gasteiger partial charge in [-0.1, -0.05) is 44.5 Å². The molecule has 1 aromatic heterocycles. The molecular formula is C14H17ClN2O. The summed E-state index contributed by atoms with van der Waals surface area (Å²) in [5.41, 5.74) is 1.62. The highest BCUT2D eigenvalue weighted by Gasteiger charge is 2.24. The van der Waals surface area contributed by atoms with E-state index in [2.05, 4.69) is 31.1 Å². The first-order valence-electron chi connectivity index (χ1n) is 5.87. The molecule has 2 aromatic rings. The van der Waals surface area contributed by atoms with E-state index in [-0.39, 0.29) is 5.41 Å². The summed E-state index contributed by atoms with van der Waals surface area (Å²) >= 11 is 6.01. The molecule has 0 saturated carbocycles. The van der Waals surface area contributed by atoms with Gasteiger partial charge in [0.1, 0.15) is 5.69 Å². The fourth-order valence-electron chi connectivity index (χ4n) is 1.64. The number of anilines is 1. The summed E-state index contributed by atoms with van der Waals surface area (Å²) in [6.45, 7) is 6.21. The molecule has 96 valence electrons. The standard InChI is InChI=1S/C14H17ClN2O/c1-14(2,3)13-17-11(12(16-4)18-13)9-6-5-7-10(15)8-9/h5-8,16H,1-4H3. The second-order valence-corrected chi connectivity index (χ2v) is 5.64. The maximum Gasteiger partial charge on any atom is 0.221 e. The fourth-order valence-corrected chi connectivity index (χ4v) is 1.83. The van der Waals surface area contributed by atoms with E-state index in [0.29, 0.717) is 16.8 Å². The Bertz CT molecular complexity index is 555. The first-order valence-corrected chi connectivity index (χ1v) is 6.24. The first-order chi connectivity index (χ1) is 8.41. The number of nitrogens with zero attached hydrogens (tertiary/aromatic N) is 1. The van der Waals surface area contributed by atoms with Crippen LogP contribution in [0.3, 0.4) is 0 Å². The fraction of sp³-hybridized carbons (Fsp3) is 0.357. The van der Waals surface area contributed by atoms with Gasteiger partial charge in [-0.25, -0.2) is 4.98 Å². The van der Waals surface area contributed by atoms with Crippen LogP contribution in [0.1, 0.15) is 26.7 Å². The van der Waals surface area contributed by atoms with Crippen LogP contribution in [0, 0.1) is 0 Å². The second kappa shape index (κ2) is 4.65. The number of oxazole rings is 1. The monoisotopic (exact) mass is 264 g/mol. The number of aromatic nitrogens is 1. The van der Waals surface area contributed by atoms with Gasteiger partial charge in [0, 0.05) is 23.0 Å². The molecule has 0 spiro atoms. The molecule has 0 radical (unpaired) electrons. The molecule has 1 N–H and O–H groups in total. The summed E-state index contributed by atoms with van der Waals surface area (Å²) in [6.07, 6.45) is 0. The van der Waals surface area contributed by atoms with Crippen LogP contribution in [-0.4, -0.2) is 12.0 Å². The predicted molar refractivity (Wildman–Crippen MR) is 75.2 cm³/mol. The molecular weight excluding hydrogens is 248 g/mol. The molecule has 0 amide bonds. The van der Waals surface area contributed by atoms with Gasteiger partial charge in [-0.3, -0.25) is 0 Å². The average molecular weight is 265 g/mol. The van der Waals surface area contributed by atoms with Crippen molar-refractivity contribution in [2.24, 2.45) is 0 Å².